The van der Waals surface area contributed by atoms with Crippen LogP contribution in [-0.4, -0.2) is 15.0 Å². The maximum atomic E-state index is 9.32. The Morgan fingerprint density at radius 2 is 1.10 bits per heavy atom. The van der Waals surface area contributed by atoms with Gasteiger partial charge in [-0.3, -0.25) is 0 Å². The predicted molar refractivity (Wildman–Crippen MR) is 211 cm³/mol. The lowest BCUT2D eigenvalue weighted by Gasteiger charge is -2.11. The average molecular weight is 670 g/mol. The van der Waals surface area contributed by atoms with Crippen LogP contribution in [0, 0.1) is 0 Å². The average Bonchev–Trinajstić information content (AvgIpc) is 3.82. The van der Waals surface area contributed by atoms with Crippen molar-refractivity contribution in [1.82, 2.24) is 15.0 Å². The molecule has 0 bridgehead atoms. The Kier molecular flexibility index (Phi) is 5.37. The molecular formula is C47H27N3O2. The molecule has 0 N–H and O–H groups in total. The zero-order valence-electron chi connectivity index (χ0n) is 31.4. The zero-order chi connectivity index (χ0) is 37.7. The summed E-state index contributed by atoms with van der Waals surface area (Å²) in [6.07, 6.45) is 0. The molecule has 8 aromatic carbocycles. The Bertz CT molecular complexity index is 3430. The van der Waals surface area contributed by atoms with E-state index in [0.717, 1.165) is 49.0 Å². The van der Waals surface area contributed by atoms with Crippen LogP contribution in [0.25, 0.3) is 111 Å². The summed E-state index contributed by atoms with van der Waals surface area (Å²) in [6, 6.07) is 44.9. The van der Waals surface area contributed by atoms with Crippen LogP contribution in [0.1, 0.15) is 5.48 Å². The molecule has 3 heterocycles. The summed E-state index contributed by atoms with van der Waals surface area (Å²) in [6.45, 7) is 0. The van der Waals surface area contributed by atoms with Gasteiger partial charge in [0, 0.05) is 43.8 Å². The summed E-state index contributed by atoms with van der Waals surface area (Å²) in [5.74, 6) is 1.07. The van der Waals surface area contributed by atoms with E-state index in [-0.39, 0.29) is 41.2 Å². The lowest BCUT2D eigenvalue weighted by molar-refractivity contribution is 0.668. The van der Waals surface area contributed by atoms with Gasteiger partial charge in [0.2, 0.25) is 0 Å². The number of fused-ring (bicyclic) bond motifs is 9. The Morgan fingerprint density at radius 1 is 0.385 bits per heavy atom. The summed E-state index contributed by atoms with van der Waals surface area (Å²) < 4.78 is 49.2. The van der Waals surface area contributed by atoms with E-state index < -0.39 is 0 Å². The summed E-state index contributed by atoms with van der Waals surface area (Å²) in [7, 11) is 0. The van der Waals surface area contributed by atoms with Gasteiger partial charge in [0.1, 0.15) is 22.3 Å². The van der Waals surface area contributed by atoms with Crippen molar-refractivity contribution in [3.8, 4) is 45.3 Å². The van der Waals surface area contributed by atoms with Gasteiger partial charge in [0.05, 0.1) is 5.48 Å². The number of hydrogen-bond donors (Lipinski definition) is 0. The fourth-order valence-corrected chi connectivity index (χ4v) is 7.33. The third-order valence-electron chi connectivity index (χ3n) is 9.80. The normalized spacial score (nSPS) is 12.9. The molecule has 11 aromatic rings. The molecule has 0 spiro atoms. The van der Waals surface area contributed by atoms with Gasteiger partial charge in [-0.1, -0.05) is 133 Å². The quantitative estimate of drug-likeness (QED) is 0.175. The molecular weight excluding hydrogens is 639 g/mol. The molecule has 0 saturated heterocycles. The van der Waals surface area contributed by atoms with E-state index in [1.807, 2.05) is 91.0 Å². The van der Waals surface area contributed by atoms with Crippen LogP contribution in [0.15, 0.2) is 173 Å². The Balaban J connectivity index is 1.19. The second-order valence-electron chi connectivity index (χ2n) is 12.8. The third-order valence-corrected chi connectivity index (χ3v) is 9.80. The van der Waals surface area contributed by atoms with Crippen LogP contribution in [0.4, 0.5) is 0 Å². The first kappa shape index (κ1) is 24.9. The number of hydrogen-bond acceptors (Lipinski definition) is 5. The third kappa shape index (κ3) is 4.46. The second kappa shape index (κ2) is 11.2. The van der Waals surface area contributed by atoms with Crippen molar-refractivity contribution in [3.05, 3.63) is 164 Å². The minimum atomic E-state index is -0.136. The number of nitrogens with zero attached hydrogens (tertiary/aromatic N) is 3. The Hall–Kier alpha value is -7.11. The van der Waals surface area contributed by atoms with Crippen molar-refractivity contribution >= 4 is 65.4 Å². The standard InChI is InChI=1S/C47H27N3O2/c1-2-11-30(12-3-1)45-48-46(32-23-22-29-21-20-28-10-4-5-13-33(28)38(29)27-32)50-47(49-45)37-17-9-19-42-43(37)39-26-31(24-25-41(39)51-42)34-15-8-16-36-35-14-6-7-18-40(35)52-44(34)36/h1-27H/i17D,19D,24D,25D. The molecule has 0 radical (unpaired) electrons. The van der Waals surface area contributed by atoms with Gasteiger partial charge in [0.15, 0.2) is 17.5 Å². The fourth-order valence-electron chi connectivity index (χ4n) is 7.33. The summed E-state index contributed by atoms with van der Waals surface area (Å²) in [4.78, 5) is 15.0. The van der Waals surface area contributed by atoms with Gasteiger partial charge in [-0.25, -0.2) is 15.0 Å². The molecule has 5 heteroatoms. The topological polar surface area (TPSA) is 65.0 Å². The maximum Gasteiger partial charge on any atom is 0.164 e. The monoisotopic (exact) mass is 669 g/mol. The Labute approximate surface area is 303 Å². The highest BCUT2D eigenvalue weighted by Crippen LogP contribution is 2.41. The van der Waals surface area contributed by atoms with Gasteiger partial charge < -0.3 is 8.83 Å². The number of para-hydroxylation sites is 2. The van der Waals surface area contributed by atoms with Gasteiger partial charge in [0.25, 0.3) is 0 Å². The lowest BCUT2D eigenvalue weighted by Crippen LogP contribution is -2.00. The molecule has 0 fully saturated rings. The lowest BCUT2D eigenvalue weighted by atomic mass is 9.98. The smallest absolute Gasteiger partial charge is 0.164 e. The molecule has 0 unspecified atom stereocenters. The molecule has 0 amide bonds. The second-order valence-corrected chi connectivity index (χ2v) is 12.8. The first-order chi connectivity index (χ1) is 27.4. The van der Waals surface area contributed by atoms with E-state index in [2.05, 4.69) is 36.4 Å². The first-order valence-electron chi connectivity index (χ1n) is 19.0. The number of rotatable bonds is 4. The molecule has 11 rings (SSSR count). The van der Waals surface area contributed by atoms with E-state index in [0.29, 0.717) is 44.7 Å². The number of benzene rings is 8. The Morgan fingerprint density at radius 3 is 2.00 bits per heavy atom. The van der Waals surface area contributed by atoms with Gasteiger partial charge >= 0.3 is 0 Å². The minimum Gasteiger partial charge on any atom is -0.456 e. The molecule has 0 saturated carbocycles. The zero-order valence-corrected chi connectivity index (χ0v) is 27.4. The van der Waals surface area contributed by atoms with Crippen LogP contribution in [0.3, 0.4) is 0 Å². The van der Waals surface area contributed by atoms with E-state index in [9.17, 15) is 2.74 Å². The highest BCUT2D eigenvalue weighted by molar-refractivity contribution is 6.15. The molecule has 0 aliphatic carbocycles. The predicted octanol–water partition coefficient (Wildman–Crippen LogP) is 12.6. The highest BCUT2D eigenvalue weighted by atomic mass is 16.3. The van der Waals surface area contributed by atoms with E-state index in [4.69, 9.17) is 26.5 Å². The highest BCUT2D eigenvalue weighted by Gasteiger charge is 2.20. The number of furan rings is 2. The molecule has 0 aliphatic rings. The first-order valence-corrected chi connectivity index (χ1v) is 17.0. The van der Waals surface area contributed by atoms with E-state index in [1.54, 1.807) is 6.07 Å². The largest absolute Gasteiger partial charge is 0.456 e. The van der Waals surface area contributed by atoms with E-state index in [1.165, 1.54) is 6.07 Å². The van der Waals surface area contributed by atoms with Crippen molar-refractivity contribution in [1.29, 1.82) is 0 Å². The molecule has 0 atom stereocenters. The van der Waals surface area contributed by atoms with Crippen LogP contribution < -0.4 is 0 Å². The summed E-state index contributed by atoms with van der Waals surface area (Å²) in [5.41, 5.74) is 4.66. The molecule has 0 aliphatic heterocycles. The van der Waals surface area contributed by atoms with Crippen molar-refractivity contribution < 1.29 is 14.3 Å². The van der Waals surface area contributed by atoms with E-state index >= 15 is 0 Å². The summed E-state index contributed by atoms with van der Waals surface area (Å²) in [5, 5.41) is 7.14. The summed E-state index contributed by atoms with van der Waals surface area (Å²) >= 11 is 0. The minimum absolute atomic E-state index is 0.0178. The fraction of sp³-hybridized carbons (Fsp3) is 0. The molecule has 52 heavy (non-hydrogen) atoms. The molecule has 5 nitrogen and oxygen atoms in total. The van der Waals surface area contributed by atoms with Crippen LogP contribution in [0.5, 0.6) is 0 Å². The van der Waals surface area contributed by atoms with Crippen LogP contribution in [0.2, 0.25) is 0 Å². The van der Waals surface area contributed by atoms with Gasteiger partial charge in [-0.2, -0.15) is 0 Å². The van der Waals surface area contributed by atoms with Crippen molar-refractivity contribution in [3.63, 3.8) is 0 Å². The van der Waals surface area contributed by atoms with Crippen LogP contribution in [-0.2, 0) is 0 Å². The maximum absolute atomic E-state index is 9.32. The van der Waals surface area contributed by atoms with Gasteiger partial charge in [-0.15, -0.1) is 0 Å². The SMILES string of the molecule is [2H]c1cc([2H])c2oc3c([2H])c([2H])c(-c4cccc5c4oc4ccccc45)cc3c2c1-c1nc(-c2ccccc2)nc(-c2ccc3ccc4ccccc4c3c2)n1. The molecule has 3 aromatic heterocycles. The number of aromatic nitrogens is 3. The van der Waals surface area contributed by atoms with Crippen LogP contribution >= 0.6 is 0 Å². The van der Waals surface area contributed by atoms with Gasteiger partial charge in [-0.05, 0) is 57.4 Å². The van der Waals surface area contributed by atoms with Crippen molar-refractivity contribution in [2.45, 2.75) is 0 Å². The molecule has 242 valence electrons. The van der Waals surface area contributed by atoms with Crippen molar-refractivity contribution in [2.75, 3.05) is 0 Å². The van der Waals surface area contributed by atoms with Crippen molar-refractivity contribution in [2.24, 2.45) is 0 Å².